The van der Waals surface area contributed by atoms with Crippen LogP contribution in [0.1, 0.15) is 32.1 Å². The van der Waals surface area contributed by atoms with E-state index in [2.05, 4.69) is 15.4 Å². The van der Waals surface area contributed by atoms with E-state index in [1.807, 2.05) is 49.6 Å². The zero-order valence-corrected chi connectivity index (χ0v) is 15.9. The van der Waals surface area contributed by atoms with Crippen LogP contribution in [0.25, 0.3) is 27.5 Å². The molecule has 0 spiro atoms. The van der Waals surface area contributed by atoms with Crippen molar-refractivity contribution in [2.24, 2.45) is 7.05 Å². The van der Waals surface area contributed by atoms with Crippen LogP contribution in [-0.4, -0.2) is 25.4 Å². The van der Waals surface area contributed by atoms with Crippen LogP contribution >= 0.6 is 0 Å². The van der Waals surface area contributed by atoms with Crippen molar-refractivity contribution in [1.82, 2.24) is 19.3 Å². The van der Waals surface area contributed by atoms with Gasteiger partial charge in [0.05, 0.1) is 22.1 Å². The predicted octanol–water partition coefficient (Wildman–Crippen LogP) is 4.02. The minimum Gasteiger partial charge on any atom is -0.382 e. The second-order valence-corrected chi connectivity index (χ2v) is 7.68. The molecule has 0 bridgehead atoms. The highest BCUT2D eigenvalue weighted by Crippen LogP contribution is 2.23. The zero-order chi connectivity index (χ0) is 19.1. The molecule has 2 aromatic heterocycles. The number of fused-ring (bicyclic) bond motifs is 2. The normalized spacial score (nSPS) is 15.3. The van der Waals surface area contributed by atoms with E-state index in [1.165, 1.54) is 32.1 Å². The number of aryl methyl sites for hydroxylation is 1. The first-order chi connectivity index (χ1) is 13.7. The molecule has 6 heteroatoms. The molecule has 1 fully saturated rings. The average Bonchev–Trinajstić information content (AvgIpc) is 3.08. The second kappa shape index (κ2) is 6.78. The van der Waals surface area contributed by atoms with E-state index < -0.39 is 0 Å². The van der Waals surface area contributed by atoms with Crippen LogP contribution in [0.15, 0.2) is 53.7 Å². The number of benzene rings is 2. The molecule has 2 heterocycles. The molecule has 2 aromatic carbocycles. The minimum absolute atomic E-state index is 0.0653. The number of nitrogens with zero attached hydrogens (tertiary/aromatic N) is 4. The summed E-state index contributed by atoms with van der Waals surface area (Å²) in [4.78, 5) is 17.6. The first-order valence-electron chi connectivity index (χ1n) is 9.89. The quantitative estimate of drug-likeness (QED) is 0.589. The van der Waals surface area contributed by atoms with Gasteiger partial charge >= 0.3 is 0 Å². The fourth-order valence-corrected chi connectivity index (χ4v) is 4.16. The summed E-state index contributed by atoms with van der Waals surface area (Å²) in [5.74, 6) is 0. The average molecular weight is 373 g/mol. The van der Waals surface area contributed by atoms with Crippen molar-refractivity contribution in [3.05, 3.63) is 59.3 Å². The largest absolute Gasteiger partial charge is 0.382 e. The van der Waals surface area contributed by atoms with Gasteiger partial charge in [-0.1, -0.05) is 19.3 Å². The molecule has 0 aliphatic heterocycles. The SMILES string of the molecule is Cn1cc2ccc(-n3cnc4cc(NC5CCCCC5)ccc4c3=O)cc2n1. The Hall–Kier alpha value is -3.15. The van der Waals surface area contributed by atoms with Crippen LogP contribution in [0, 0.1) is 0 Å². The summed E-state index contributed by atoms with van der Waals surface area (Å²) in [6.45, 7) is 0. The first-order valence-corrected chi connectivity index (χ1v) is 9.89. The Morgan fingerprint density at radius 2 is 1.89 bits per heavy atom. The number of hydrogen-bond donors (Lipinski definition) is 1. The predicted molar refractivity (Wildman–Crippen MR) is 112 cm³/mol. The molecular weight excluding hydrogens is 350 g/mol. The smallest absolute Gasteiger partial charge is 0.265 e. The van der Waals surface area contributed by atoms with E-state index >= 15 is 0 Å². The summed E-state index contributed by atoms with van der Waals surface area (Å²) in [5.41, 5.74) is 3.33. The molecule has 0 unspecified atom stereocenters. The van der Waals surface area contributed by atoms with Gasteiger partial charge in [0.2, 0.25) is 0 Å². The molecule has 1 N–H and O–H groups in total. The van der Waals surface area contributed by atoms with Gasteiger partial charge in [-0.15, -0.1) is 0 Å². The third kappa shape index (κ3) is 3.05. The maximum atomic E-state index is 13.0. The Morgan fingerprint density at radius 1 is 1.04 bits per heavy atom. The Labute approximate surface area is 162 Å². The minimum atomic E-state index is -0.0653. The number of aromatic nitrogens is 4. The number of hydrogen-bond acceptors (Lipinski definition) is 4. The van der Waals surface area contributed by atoms with Gasteiger partial charge in [-0.3, -0.25) is 14.0 Å². The Bertz CT molecular complexity index is 1220. The molecule has 0 saturated heterocycles. The van der Waals surface area contributed by atoms with Crippen LogP contribution in [0.2, 0.25) is 0 Å². The molecule has 28 heavy (non-hydrogen) atoms. The van der Waals surface area contributed by atoms with Gasteiger partial charge in [0.25, 0.3) is 5.56 Å². The molecule has 5 rings (SSSR count). The standard InChI is InChI=1S/C22H23N5O/c1-26-13-15-7-9-18(12-20(15)25-26)27-14-23-21-11-17(8-10-19(21)22(27)28)24-16-5-3-2-4-6-16/h7-14,16,24H,2-6H2,1H3. The third-order valence-electron chi connectivity index (χ3n) is 5.62. The lowest BCUT2D eigenvalue weighted by Crippen LogP contribution is -2.22. The van der Waals surface area contributed by atoms with Gasteiger partial charge in [0.1, 0.15) is 6.33 Å². The molecule has 0 atom stereocenters. The molecule has 0 amide bonds. The number of nitrogens with one attached hydrogen (secondary N) is 1. The van der Waals surface area contributed by atoms with E-state index in [4.69, 9.17) is 0 Å². The lowest BCUT2D eigenvalue weighted by Gasteiger charge is -2.23. The van der Waals surface area contributed by atoms with Gasteiger partial charge in [-0.25, -0.2) is 4.98 Å². The van der Waals surface area contributed by atoms with E-state index in [0.29, 0.717) is 11.4 Å². The van der Waals surface area contributed by atoms with Crippen LogP contribution in [0.3, 0.4) is 0 Å². The second-order valence-electron chi connectivity index (χ2n) is 7.68. The molecule has 6 nitrogen and oxygen atoms in total. The van der Waals surface area contributed by atoms with Crippen LogP contribution in [0.4, 0.5) is 5.69 Å². The van der Waals surface area contributed by atoms with Crippen molar-refractivity contribution < 1.29 is 0 Å². The molecule has 1 saturated carbocycles. The summed E-state index contributed by atoms with van der Waals surface area (Å²) in [7, 11) is 1.89. The summed E-state index contributed by atoms with van der Waals surface area (Å²) < 4.78 is 3.36. The van der Waals surface area contributed by atoms with E-state index in [1.54, 1.807) is 15.6 Å². The van der Waals surface area contributed by atoms with Gasteiger partial charge in [0, 0.05) is 30.4 Å². The van der Waals surface area contributed by atoms with Crippen molar-refractivity contribution in [3.8, 4) is 5.69 Å². The van der Waals surface area contributed by atoms with Crippen molar-refractivity contribution in [2.75, 3.05) is 5.32 Å². The van der Waals surface area contributed by atoms with Gasteiger partial charge in [-0.05, 0) is 49.2 Å². The zero-order valence-electron chi connectivity index (χ0n) is 15.9. The molecule has 0 radical (unpaired) electrons. The van der Waals surface area contributed by atoms with Gasteiger partial charge in [-0.2, -0.15) is 5.10 Å². The highest BCUT2D eigenvalue weighted by atomic mass is 16.1. The van der Waals surface area contributed by atoms with E-state index in [-0.39, 0.29) is 5.56 Å². The maximum absolute atomic E-state index is 13.0. The number of anilines is 1. The Morgan fingerprint density at radius 3 is 2.75 bits per heavy atom. The van der Waals surface area contributed by atoms with Crippen molar-refractivity contribution >= 4 is 27.5 Å². The fraction of sp³-hybridized carbons (Fsp3) is 0.318. The summed E-state index contributed by atoms with van der Waals surface area (Å²) in [5, 5.41) is 9.70. The molecule has 142 valence electrons. The monoisotopic (exact) mass is 373 g/mol. The van der Waals surface area contributed by atoms with E-state index in [9.17, 15) is 4.79 Å². The maximum Gasteiger partial charge on any atom is 0.265 e. The lowest BCUT2D eigenvalue weighted by atomic mass is 9.95. The van der Waals surface area contributed by atoms with Crippen LogP contribution in [-0.2, 0) is 7.05 Å². The molecular formula is C22H23N5O. The highest BCUT2D eigenvalue weighted by molar-refractivity contribution is 5.83. The van der Waals surface area contributed by atoms with Crippen LogP contribution in [0.5, 0.6) is 0 Å². The van der Waals surface area contributed by atoms with Crippen molar-refractivity contribution in [2.45, 2.75) is 38.1 Å². The van der Waals surface area contributed by atoms with Crippen molar-refractivity contribution in [1.29, 1.82) is 0 Å². The highest BCUT2D eigenvalue weighted by Gasteiger charge is 2.14. The first kappa shape index (κ1) is 17.0. The molecule has 1 aliphatic carbocycles. The third-order valence-corrected chi connectivity index (χ3v) is 5.62. The van der Waals surface area contributed by atoms with Gasteiger partial charge < -0.3 is 5.32 Å². The molecule has 4 aromatic rings. The number of rotatable bonds is 3. The summed E-state index contributed by atoms with van der Waals surface area (Å²) in [6, 6.07) is 12.2. The summed E-state index contributed by atoms with van der Waals surface area (Å²) >= 11 is 0. The lowest BCUT2D eigenvalue weighted by molar-refractivity contribution is 0.463. The fourth-order valence-electron chi connectivity index (χ4n) is 4.16. The Balaban J connectivity index is 1.51. The Kier molecular flexibility index (Phi) is 4.11. The molecule has 1 aliphatic rings. The van der Waals surface area contributed by atoms with Crippen LogP contribution < -0.4 is 10.9 Å². The van der Waals surface area contributed by atoms with Crippen molar-refractivity contribution in [3.63, 3.8) is 0 Å². The van der Waals surface area contributed by atoms with Gasteiger partial charge in [0.15, 0.2) is 0 Å². The van der Waals surface area contributed by atoms with E-state index in [0.717, 1.165) is 27.8 Å². The topological polar surface area (TPSA) is 64.7 Å². The summed E-state index contributed by atoms with van der Waals surface area (Å²) in [6.07, 6.45) is 9.90.